The quantitative estimate of drug-likeness (QED) is 0.893. The number of nitrogens with one attached hydrogen (secondary N) is 1. The number of rotatable bonds is 5. The number of sulfone groups is 1. The minimum atomic E-state index is -2.90. The van der Waals surface area contributed by atoms with Gasteiger partial charge in [-0.1, -0.05) is 37.3 Å². The van der Waals surface area contributed by atoms with E-state index < -0.39 is 9.84 Å². The monoisotopic (exact) mass is 296 g/mol. The van der Waals surface area contributed by atoms with E-state index in [9.17, 15) is 8.42 Å². The van der Waals surface area contributed by atoms with E-state index in [1.165, 1.54) is 5.56 Å². The highest BCUT2D eigenvalue weighted by molar-refractivity contribution is 7.91. The van der Waals surface area contributed by atoms with Gasteiger partial charge in [-0.25, -0.2) is 8.42 Å². The third-order valence-corrected chi connectivity index (χ3v) is 5.61. The molecule has 2 rings (SSSR count). The van der Waals surface area contributed by atoms with Crippen molar-refractivity contribution in [3.63, 3.8) is 0 Å². The lowest BCUT2D eigenvalue weighted by Crippen LogP contribution is -2.52. The molecule has 1 saturated heterocycles. The molecular weight excluding hydrogens is 272 g/mol. The summed E-state index contributed by atoms with van der Waals surface area (Å²) in [4.78, 5) is 2.30. The van der Waals surface area contributed by atoms with E-state index >= 15 is 0 Å². The average molecular weight is 296 g/mol. The summed E-state index contributed by atoms with van der Waals surface area (Å²) in [6, 6.07) is 11.0. The Morgan fingerprint density at radius 2 is 2.00 bits per heavy atom. The van der Waals surface area contributed by atoms with Crippen molar-refractivity contribution in [2.75, 3.05) is 31.1 Å². The predicted octanol–water partition coefficient (Wildman–Crippen LogP) is 1.46. The maximum Gasteiger partial charge on any atom is 0.151 e. The van der Waals surface area contributed by atoms with Crippen LogP contribution in [-0.4, -0.2) is 50.5 Å². The lowest BCUT2D eigenvalue weighted by atomic mass is 10.0. The first-order valence-electron chi connectivity index (χ1n) is 7.24. The topological polar surface area (TPSA) is 49.4 Å². The molecule has 20 heavy (non-hydrogen) atoms. The second kappa shape index (κ2) is 6.70. The van der Waals surface area contributed by atoms with Gasteiger partial charge < -0.3 is 5.32 Å². The van der Waals surface area contributed by atoms with Crippen LogP contribution in [0.25, 0.3) is 0 Å². The summed E-state index contributed by atoms with van der Waals surface area (Å²) in [5, 5.41) is 3.48. The summed E-state index contributed by atoms with van der Waals surface area (Å²) < 4.78 is 23.4. The zero-order chi connectivity index (χ0) is 14.6. The van der Waals surface area contributed by atoms with Crippen LogP contribution < -0.4 is 5.32 Å². The molecule has 1 aromatic carbocycles. The van der Waals surface area contributed by atoms with E-state index in [1.54, 1.807) is 6.92 Å². The van der Waals surface area contributed by atoms with Crippen LogP contribution in [0.1, 0.15) is 25.5 Å². The Hall–Kier alpha value is -0.910. The Labute approximate surface area is 122 Å². The number of piperazine rings is 1. The second-order valence-corrected chi connectivity index (χ2v) is 7.94. The van der Waals surface area contributed by atoms with Crippen LogP contribution in [0.3, 0.4) is 0 Å². The summed E-state index contributed by atoms with van der Waals surface area (Å²) >= 11 is 0. The van der Waals surface area contributed by atoms with E-state index in [-0.39, 0.29) is 17.5 Å². The van der Waals surface area contributed by atoms with Gasteiger partial charge >= 0.3 is 0 Å². The molecule has 0 aromatic heterocycles. The predicted molar refractivity (Wildman–Crippen MR) is 82.5 cm³/mol. The van der Waals surface area contributed by atoms with Crippen molar-refractivity contribution in [1.29, 1.82) is 0 Å². The largest absolute Gasteiger partial charge is 0.311 e. The van der Waals surface area contributed by atoms with Gasteiger partial charge in [-0.05, 0) is 12.5 Å². The lowest BCUT2D eigenvalue weighted by molar-refractivity contribution is 0.144. The van der Waals surface area contributed by atoms with Crippen molar-refractivity contribution >= 4 is 9.84 Å². The Morgan fingerprint density at radius 1 is 1.30 bits per heavy atom. The molecule has 0 radical (unpaired) electrons. The molecule has 5 heteroatoms. The molecule has 112 valence electrons. The molecule has 2 atom stereocenters. The van der Waals surface area contributed by atoms with Crippen molar-refractivity contribution in [1.82, 2.24) is 10.2 Å². The zero-order valence-electron chi connectivity index (χ0n) is 12.2. The van der Waals surface area contributed by atoms with Gasteiger partial charge in [-0.15, -0.1) is 0 Å². The molecular formula is C15H24N2O2S. The molecule has 1 heterocycles. The van der Waals surface area contributed by atoms with Gasteiger partial charge in [-0.3, -0.25) is 4.90 Å². The molecule has 1 aromatic rings. The van der Waals surface area contributed by atoms with E-state index in [0.29, 0.717) is 12.6 Å². The summed E-state index contributed by atoms with van der Waals surface area (Å²) in [6.07, 6.45) is 0. The van der Waals surface area contributed by atoms with Crippen LogP contribution in [0.4, 0.5) is 0 Å². The van der Waals surface area contributed by atoms with Gasteiger partial charge in [-0.2, -0.15) is 0 Å². The van der Waals surface area contributed by atoms with Gasteiger partial charge in [0, 0.05) is 37.5 Å². The highest BCUT2D eigenvalue weighted by Crippen LogP contribution is 2.23. The van der Waals surface area contributed by atoms with E-state index in [1.807, 2.05) is 18.2 Å². The van der Waals surface area contributed by atoms with E-state index in [2.05, 4.69) is 29.3 Å². The minimum absolute atomic E-state index is 0.227. The lowest BCUT2D eigenvalue weighted by Gasteiger charge is -2.39. The molecule has 0 saturated carbocycles. The Kier molecular flexibility index (Phi) is 5.18. The molecule has 2 unspecified atom stereocenters. The van der Waals surface area contributed by atoms with Gasteiger partial charge in [0.15, 0.2) is 9.84 Å². The number of hydrogen-bond donors (Lipinski definition) is 1. The summed E-state index contributed by atoms with van der Waals surface area (Å²) in [6.45, 7) is 6.23. The molecule has 0 spiro atoms. The van der Waals surface area contributed by atoms with Gasteiger partial charge in [0.25, 0.3) is 0 Å². The van der Waals surface area contributed by atoms with Crippen LogP contribution in [0.15, 0.2) is 30.3 Å². The average Bonchev–Trinajstić information content (AvgIpc) is 2.46. The first-order chi connectivity index (χ1) is 9.52. The molecule has 1 aliphatic heterocycles. The van der Waals surface area contributed by atoms with Crippen molar-refractivity contribution in [3.05, 3.63) is 35.9 Å². The van der Waals surface area contributed by atoms with Crippen molar-refractivity contribution in [2.45, 2.75) is 25.9 Å². The highest BCUT2D eigenvalue weighted by atomic mass is 32.2. The fraction of sp³-hybridized carbons (Fsp3) is 0.600. The Balaban J connectivity index is 2.09. The number of hydrogen-bond acceptors (Lipinski definition) is 4. The fourth-order valence-electron chi connectivity index (χ4n) is 2.64. The van der Waals surface area contributed by atoms with Crippen LogP contribution in [0, 0.1) is 0 Å². The van der Waals surface area contributed by atoms with Crippen LogP contribution in [-0.2, 0) is 9.84 Å². The van der Waals surface area contributed by atoms with Crippen molar-refractivity contribution in [3.8, 4) is 0 Å². The normalized spacial score (nSPS) is 24.7. The molecule has 1 aliphatic rings. The second-order valence-electron chi connectivity index (χ2n) is 5.47. The van der Waals surface area contributed by atoms with Crippen LogP contribution >= 0.6 is 0 Å². The third kappa shape index (κ3) is 4.04. The summed E-state index contributed by atoms with van der Waals surface area (Å²) in [5.74, 6) is 0.476. The first kappa shape index (κ1) is 15.5. The van der Waals surface area contributed by atoms with Gasteiger partial charge in [0.05, 0.1) is 5.75 Å². The minimum Gasteiger partial charge on any atom is -0.311 e. The Morgan fingerprint density at radius 3 is 2.65 bits per heavy atom. The first-order valence-corrected chi connectivity index (χ1v) is 9.07. The molecule has 0 amide bonds. The van der Waals surface area contributed by atoms with Gasteiger partial charge in [0.2, 0.25) is 0 Å². The maximum absolute atomic E-state index is 11.7. The number of nitrogens with zero attached hydrogens (tertiary/aromatic N) is 1. The van der Waals surface area contributed by atoms with Crippen LogP contribution in [0.5, 0.6) is 0 Å². The highest BCUT2D eigenvalue weighted by Gasteiger charge is 2.27. The molecule has 1 N–H and O–H groups in total. The standard InChI is InChI=1S/C15H24N2O2S/c1-3-20(18,19)10-9-17-12-13(2)16-11-15(17)14-7-5-4-6-8-14/h4-8,13,15-16H,3,9-12H2,1-2H3. The SMILES string of the molecule is CCS(=O)(=O)CCN1CC(C)NCC1c1ccccc1. The summed E-state index contributed by atoms with van der Waals surface area (Å²) in [5.41, 5.74) is 1.25. The van der Waals surface area contributed by atoms with Crippen molar-refractivity contribution in [2.24, 2.45) is 0 Å². The van der Waals surface area contributed by atoms with E-state index in [4.69, 9.17) is 0 Å². The smallest absolute Gasteiger partial charge is 0.151 e. The zero-order valence-corrected chi connectivity index (χ0v) is 13.1. The molecule has 0 aliphatic carbocycles. The maximum atomic E-state index is 11.7. The molecule has 0 bridgehead atoms. The van der Waals surface area contributed by atoms with E-state index in [0.717, 1.165) is 13.1 Å². The Bertz CT molecular complexity index is 516. The number of benzene rings is 1. The molecule has 1 fully saturated rings. The fourth-order valence-corrected chi connectivity index (χ4v) is 3.44. The third-order valence-electron chi connectivity index (χ3n) is 3.92. The van der Waals surface area contributed by atoms with Gasteiger partial charge in [0.1, 0.15) is 0 Å². The summed E-state index contributed by atoms with van der Waals surface area (Å²) in [7, 11) is -2.90. The molecule has 4 nitrogen and oxygen atoms in total. The van der Waals surface area contributed by atoms with Crippen molar-refractivity contribution < 1.29 is 8.42 Å². The van der Waals surface area contributed by atoms with Crippen LogP contribution in [0.2, 0.25) is 0 Å².